The molecule has 3 saturated carbocycles. The molecular formula is C35H53. The van der Waals surface area contributed by atoms with E-state index in [4.69, 9.17) is 0 Å². The van der Waals surface area contributed by atoms with E-state index in [1.165, 1.54) is 76.2 Å². The largest absolute Gasteiger partial charge is 0.0845 e. The summed E-state index contributed by atoms with van der Waals surface area (Å²) in [4.78, 5) is 0. The van der Waals surface area contributed by atoms with Gasteiger partial charge in [-0.05, 0) is 128 Å². The van der Waals surface area contributed by atoms with Crippen molar-refractivity contribution in [2.24, 2.45) is 52.3 Å². The van der Waals surface area contributed by atoms with Crippen LogP contribution in [0.5, 0.6) is 0 Å². The molecule has 0 N–H and O–H groups in total. The van der Waals surface area contributed by atoms with E-state index in [1.807, 2.05) is 5.57 Å². The van der Waals surface area contributed by atoms with Crippen molar-refractivity contribution in [3.05, 3.63) is 47.5 Å². The zero-order chi connectivity index (χ0) is 24.8. The molecule has 0 amide bonds. The van der Waals surface area contributed by atoms with Gasteiger partial charge >= 0.3 is 0 Å². The molecule has 0 bridgehead atoms. The molecule has 35 heavy (non-hydrogen) atoms. The van der Waals surface area contributed by atoms with Crippen molar-refractivity contribution in [2.75, 3.05) is 0 Å². The van der Waals surface area contributed by atoms with Crippen LogP contribution >= 0.6 is 0 Å². The van der Waals surface area contributed by atoms with Gasteiger partial charge in [0.05, 0.1) is 0 Å². The lowest BCUT2D eigenvalue weighted by atomic mass is 9.46. The monoisotopic (exact) mass is 473 g/mol. The van der Waals surface area contributed by atoms with Crippen molar-refractivity contribution in [1.29, 1.82) is 0 Å². The van der Waals surface area contributed by atoms with Crippen LogP contribution in [0.2, 0.25) is 0 Å². The second-order valence-electron chi connectivity index (χ2n) is 14.2. The predicted molar refractivity (Wildman–Crippen MR) is 150 cm³/mol. The summed E-state index contributed by atoms with van der Waals surface area (Å²) in [7, 11) is 0. The van der Waals surface area contributed by atoms with Gasteiger partial charge in [0.15, 0.2) is 0 Å². The highest BCUT2D eigenvalue weighted by atomic mass is 14.6. The first-order valence-corrected chi connectivity index (χ1v) is 15.4. The molecule has 1 unspecified atom stereocenters. The molecule has 0 heterocycles. The summed E-state index contributed by atoms with van der Waals surface area (Å²) in [6, 6.07) is 12.3. The molecule has 1 radical (unpaired) electrons. The third kappa shape index (κ3) is 4.48. The Bertz CT molecular complexity index is 879. The van der Waals surface area contributed by atoms with Gasteiger partial charge in [0.1, 0.15) is 0 Å². The molecule has 9 atom stereocenters. The van der Waals surface area contributed by atoms with E-state index < -0.39 is 0 Å². The molecule has 4 aliphatic rings. The van der Waals surface area contributed by atoms with Crippen molar-refractivity contribution in [2.45, 2.75) is 118 Å². The van der Waals surface area contributed by atoms with E-state index in [-0.39, 0.29) is 0 Å². The van der Waals surface area contributed by atoms with Gasteiger partial charge in [0.25, 0.3) is 0 Å². The minimum Gasteiger partial charge on any atom is -0.0845 e. The zero-order valence-corrected chi connectivity index (χ0v) is 23.8. The zero-order valence-electron chi connectivity index (χ0n) is 23.8. The van der Waals surface area contributed by atoms with Crippen LogP contribution in [-0.4, -0.2) is 0 Å². The number of hydrogen-bond acceptors (Lipinski definition) is 0. The van der Waals surface area contributed by atoms with Crippen molar-refractivity contribution in [3.63, 3.8) is 0 Å². The van der Waals surface area contributed by atoms with Crippen LogP contribution in [0.1, 0.15) is 124 Å². The smallest absolute Gasteiger partial charge is 0.00848 e. The minimum atomic E-state index is 0.463. The third-order valence-corrected chi connectivity index (χ3v) is 12.5. The Kier molecular flexibility index (Phi) is 7.33. The average molecular weight is 474 g/mol. The van der Waals surface area contributed by atoms with Crippen LogP contribution in [0, 0.1) is 58.3 Å². The molecule has 0 saturated heterocycles. The maximum atomic E-state index is 3.55. The second-order valence-corrected chi connectivity index (χ2v) is 14.2. The average Bonchev–Trinajstić information content (AvgIpc) is 3.21. The van der Waals surface area contributed by atoms with Gasteiger partial charge in [-0.1, -0.05) is 90.3 Å². The summed E-state index contributed by atoms with van der Waals surface area (Å²) in [5, 5.41) is 0. The van der Waals surface area contributed by atoms with Crippen LogP contribution in [-0.2, 0) is 0 Å². The highest BCUT2D eigenvalue weighted by Crippen LogP contribution is 2.68. The van der Waals surface area contributed by atoms with Gasteiger partial charge in [-0.2, -0.15) is 0 Å². The number of rotatable bonds is 7. The van der Waals surface area contributed by atoms with Crippen LogP contribution in [0.3, 0.4) is 0 Å². The molecular weight excluding hydrogens is 420 g/mol. The van der Waals surface area contributed by atoms with Gasteiger partial charge in [-0.15, -0.1) is 0 Å². The Morgan fingerprint density at radius 3 is 2.51 bits per heavy atom. The van der Waals surface area contributed by atoms with Crippen LogP contribution in [0.4, 0.5) is 0 Å². The number of hydrogen-bond donors (Lipinski definition) is 0. The Hall–Kier alpha value is -1.04. The first kappa shape index (κ1) is 25.6. The van der Waals surface area contributed by atoms with Crippen molar-refractivity contribution in [3.8, 4) is 0 Å². The van der Waals surface area contributed by atoms with Crippen molar-refractivity contribution < 1.29 is 0 Å². The molecule has 0 spiro atoms. The van der Waals surface area contributed by atoms with Gasteiger partial charge in [0.2, 0.25) is 0 Å². The van der Waals surface area contributed by atoms with E-state index in [1.54, 1.807) is 0 Å². The van der Waals surface area contributed by atoms with Crippen LogP contribution in [0.15, 0.2) is 35.9 Å². The molecule has 1 aromatic carbocycles. The van der Waals surface area contributed by atoms with Crippen molar-refractivity contribution in [1.82, 2.24) is 0 Å². The van der Waals surface area contributed by atoms with Gasteiger partial charge < -0.3 is 0 Å². The molecule has 0 aliphatic heterocycles. The van der Waals surface area contributed by atoms with Gasteiger partial charge in [0, 0.05) is 0 Å². The normalized spacial score (nSPS) is 40.4. The number of allylic oxidation sites excluding steroid dienone is 2. The molecule has 0 nitrogen and oxygen atoms in total. The Morgan fingerprint density at radius 2 is 1.80 bits per heavy atom. The summed E-state index contributed by atoms with van der Waals surface area (Å²) in [6.45, 7) is 15.3. The lowest BCUT2D eigenvalue weighted by Gasteiger charge is -2.58. The number of fused-ring (bicyclic) bond motifs is 5. The molecule has 4 aliphatic carbocycles. The van der Waals surface area contributed by atoms with E-state index in [9.17, 15) is 0 Å². The standard InChI is InChI=1S/C35H53/c1-7-26(24(2)3)14-13-25(4)31-17-18-32-30-16-15-29-23-28(27-11-9-8-10-12-27)19-21-34(29,5)33(30)20-22-35(31,32)6/h8-11,15,24-26,28,30-33H,7,13-14,16-23H2,1-6H3/t25-,26-,28?,30+,31-,32+,33+,34+,35-/m1/s1. The van der Waals surface area contributed by atoms with E-state index >= 15 is 0 Å². The quantitative estimate of drug-likeness (QED) is 0.345. The topological polar surface area (TPSA) is 0 Å². The third-order valence-electron chi connectivity index (χ3n) is 12.5. The van der Waals surface area contributed by atoms with E-state index in [2.05, 4.69) is 78.0 Å². The van der Waals surface area contributed by atoms with Gasteiger partial charge in [-0.25, -0.2) is 0 Å². The molecule has 5 rings (SSSR count). The molecule has 193 valence electrons. The van der Waals surface area contributed by atoms with E-state index in [0.717, 1.165) is 41.4 Å². The fraction of sp³-hybridized carbons (Fsp3) is 0.771. The second kappa shape index (κ2) is 10.0. The first-order valence-electron chi connectivity index (χ1n) is 15.4. The van der Waals surface area contributed by atoms with E-state index in [0.29, 0.717) is 16.7 Å². The SMILES string of the molecule is CC[C@H](CC[C@@H](C)[C@H]1CC[C@H]2[C@@H]3CC=C4CC(c5[c]cccc5)CC[C@]4(C)[C@H]3CC[C@]12C)C(C)C. The fourth-order valence-corrected chi connectivity index (χ4v) is 10.2. The molecule has 3 fully saturated rings. The summed E-state index contributed by atoms with van der Waals surface area (Å²) in [5.41, 5.74) is 4.32. The fourth-order valence-electron chi connectivity index (χ4n) is 10.2. The highest BCUT2D eigenvalue weighted by Gasteiger charge is 2.59. The van der Waals surface area contributed by atoms with Crippen LogP contribution in [0.25, 0.3) is 0 Å². The Balaban J connectivity index is 1.29. The minimum absolute atomic E-state index is 0.463. The predicted octanol–water partition coefficient (Wildman–Crippen LogP) is 10.2. The lowest BCUT2D eigenvalue weighted by Crippen LogP contribution is -2.50. The van der Waals surface area contributed by atoms with Crippen LogP contribution < -0.4 is 0 Å². The lowest BCUT2D eigenvalue weighted by molar-refractivity contribution is -0.0513. The Labute approximate surface area is 217 Å². The molecule has 0 aromatic heterocycles. The van der Waals surface area contributed by atoms with Gasteiger partial charge in [-0.3, -0.25) is 0 Å². The molecule has 1 aromatic rings. The highest BCUT2D eigenvalue weighted by molar-refractivity contribution is 5.30. The Morgan fingerprint density at radius 1 is 0.971 bits per heavy atom. The maximum Gasteiger partial charge on any atom is -0.00848 e. The van der Waals surface area contributed by atoms with Crippen molar-refractivity contribution >= 4 is 0 Å². The summed E-state index contributed by atoms with van der Waals surface area (Å²) >= 11 is 0. The molecule has 0 heteroatoms. The maximum absolute atomic E-state index is 3.55. The summed E-state index contributed by atoms with van der Waals surface area (Å²) in [5.74, 6) is 7.15. The summed E-state index contributed by atoms with van der Waals surface area (Å²) < 4.78 is 0. The first-order chi connectivity index (χ1) is 16.8. The summed E-state index contributed by atoms with van der Waals surface area (Å²) in [6.07, 6.45) is 18.4. The number of benzene rings is 1.